The lowest BCUT2D eigenvalue weighted by atomic mass is 9.94. The molecular formula is C29H29BrN6O2. The van der Waals surface area contributed by atoms with Crippen molar-refractivity contribution in [1.29, 1.82) is 0 Å². The number of halogens is 1. The van der Waals surface area contributed by atoms with Crippen LogP contribution in [0.4, 0.5) is 0 Å². The number of nitrogens with one attached hydrogen (secondary N) is 1. The summed E-state index contributed by atoms with van der Waals surface area (Å²) in [5, 5.41) is 5.05. The Hall–Kier alpha value is -3.72. The van der Waals surface area contributed by atoms with Crippen LogP contribution < -0.4 is 0 Å². The fraction of sp³-hybridized carbons (Fsp3) is 0.310. The Kier molecular flexibility index (Phi) is 6.18. The van der Waals surface area contributed by atoms with Crippen molar-refractivity contribution in [1.82, 2.24) is 29.5 Å². The number of aromatic amines is 1. The van der Waals surface area contributed by atoms with Crippen LogP contribution >= 0.6 is 15.9 Å². The van der Waals surface area contributed by atoms with Gasteiger partial charge in [-0.2, -0.15) is 5.10 Å². The van der Waals surface area contributed by atoms with Crippen LogP contribution in [0.1, 0.15) is 58.7 Å². The highest BCUT2D eigenvalue weighted by Gasteiger charge is 2.40. The molecule has 2 aliphatic heterocycles. The molecule has 2 aromatic carbocycles. The highest BCUT2D eigenvalue weighted by Crippen LogP contribution is 2.38. The number of rotatable bonds is 4. The van der Waals surface area contributed by atoms with Crippen molar-refractivity contribution in [2.75, 3.05) is 19.6 Å². The number of imidazole rings is 1. The third-order valence-corrected chi connectivity index (χ3v) is 8.38. The van der Waals surface area contributed by atoms with E-state index in [-0.39, 0.29) is 17.9 Å². The highest BCUT2D eigenvalue weighted by molar-refractivity contribution is 9.10. The van der Waals surface area contributed by atoms with Crippen molar-refractivity contribution < 1.29 is 9.59 Å². The summed E-state index contributed by atoms with van der Waals surface area (Å²) in [6.45, 7) is 9.50. The Morgan fingerprint density at radius 3 is 2.66 bits per heavy atom. The molecule has 9 heteroatoms. The standard InChI is InChI=1S/C29H29BrN6O2/c1-4-25(37)34-13-11-22-26-23(36(33-22)19-7-5-18(6-8-19)17(2)3)12-14-35(24(26)15-34)29(38)20-9-10-21(30)28-27(20)31-16-32-28/h4-10,16-17,24H,1,11-15H2,2-3H3,(H,31,32)/t24-/m0/s1. The first-order valence-electron chi connectivity index (χ1n) is 12.9. The van der Waals surface area contributed by atoms with E-state index in [2.05, 4.69) is 70.6 Å². The Morgan fingerprint density at radius 2 is 1.92 bits per heavy atom. The molecule has 0 aliphatic carbocycles. The summed E-state index contributed by atoms with van der Waals surface area (Å²) in [6, 6.07) is 11.9. The first-order valence-corrected chi connectivity index (χ1v) is 13.7. The molecule has 4 heterocycles. The second kappa shape index (κ2) is 9.54. The van der Waals surface area contributed by atoms with Crippen LogP contribution in [0.25, 0.3) is 16.7 Å². The van der Waals surface area contributed by atoms with Crippen molar-refractivity contribution in [2.45, 2.75) is 38.6 Å². The second-order valence-corrected chi connectivity index (χ2v) is 11.0. The summed E-state index contributed by atoms with van der Waals surface area (Å²) in [5.41, 5.74) is 7.37. The predicted molar refractivity (Wildman–Crippen MR) is 149 cm³/mol. The van der Waals surface area contributed by atoms with Crippen LogP contribution in [0.5, 0.6) is 0 Å². The molecule has 38 heavy (non-hydrogen) atoms. The minimum Gasteiger partial charge on any atom is -0.344 e. The summed E-state index contributed by atoms with van der Waals surface area (Å²) in [7, 11) is 0. The van der Waals surface area contributed by atoms with Crippen LogP contribution in [0, 0.1) is 0 Å². The van der Waals surface area contributed by atoms with E-state index in [0.717, 1.165) is 32.6 Å². The van der Waals surface area contributed by atoms with Gasteiger partial charge in [0.05, 0.1) is 40.5 Å². The van der Waals surface area contributed by atoms with E-state index < -0.39 is 0 Å². The molecular weight excluding hydrogens is 544 g/mol. The average molecular weight is 573 g/mol. The van der Waals surface area contributed by atoms with Gasteiger partial charge in [-0.1, -0.05) is 32.6 Å². The topological polar surface area (TPSA) is 87.1 Å². The smallest absolute Gasteiger partial charge is 0.256 e. The fourth-order valence-electron chi connectivity index (χ4n) is 5.71. The molecule has 4 aromatic rings. The van der Waals surface area contributed by atoms with E-state index in [4.69, 9.17) is 5.10 Å². The quantitative estimate of drug-likeness (QED) is 0.351. The van der Waals surface area contributed by atoms with Crippen LogP contribution in [0.15, 0.2) is 59.9 Å². The van der Waals surface area contributed by atoms with Crippen LogP contribution in [-0.2, 0) is 17.6 Å². The van der Waals surface area contributed by atoms with Crippen LogP contribution in [0.3, 0.4) is 0 Å². The average Bonchev–Trinajstić information content (AvgIpc) is 3.52. The number of hydrogen-bond donors (Lipinski definition) is 1. The molecule has 8 nitrogen and oxygen atoms in total. The minimum atomic E-state index is -0.311. The molecule has 2 aromatic heterocycles. The first-order chi connectivity index (χ1) is 18.4. The molecule has 0 spiro atoms. The Balaban J connectivity index is 1.44. The highest BCUT2D eigenvalue weighted by atomic mass is 79.9. The molecule has 0 unspecified atom stereocenters. The zero-order valence-electron chi connectivity index (χ0n) is 21.4. The molecule has 1 N–H and O–H groups in total. The fourth-order valence-corrected chi connectivity index (χ4v) is 6.14. The van der Waals surface area contributed by atoms with E-state index in [1.54, 1.807) is 11.2 Å². The monoisotopic (exact) mass is 572 g/mol. The van der Waals surface area contributed by atoms with Gasteiger partial charge < -0.3 is 14.8 Å². The number of nitrogens with zero attached hydrogens (tertiary/aromatic N) is 5. The number of aromatic nitrogens is 4. The van der Waals surface area contributed by atoms with Gasteiger partial charge in [0.15, 0.2) is 0 Å². The van der Waals surface area contributed by atoms with E-state index in [1.807, 2.05) is 21.7 Å². The van der Waals surface area contributed by atoms with Gasteiger partial charge in [-0.3, -0.25) is 9.59 Å². The maximum atomic E-state index is 14.1. The molecule has 0 radical (unpaired) electrons. The van der Waals surface area contributed by atoms with Gasteiger partial charge in [-0.15, -0.1) is 0 Å². The molecule has 0 saturated carbocycles. The first kappa shape index (κ1) is 24.6. The Labute approximate surface area is 229 Å². The summed E-state index contributed by atoms with van der Waals surface area (Å²) < 4.78 is 2.90. The summed E-state index contributed by atoms with van der Waals surface area (Å²) in [6.07, 6.45) is 4.24. The zero-order valence-corrected chi connectivity index (χ0v) is 23.0. The third-order valence-electron chi connectivity index (χ3n) is 7.72. The second-order valence-electron chi connectivity index (χ2n) is 10.2. The molecule has 2 amide bonds. The number of carbonyl (C=O) groups is 2. The molecule has 0 saturated heterocycles. The van der Waals surface area contributed by atoms with Crippen LogP contribution in [0.2, 0.25) is 0 Å². The Bertz CT molecular complexity index is 1570. The zero-order chi connectivity index (χ0) is 26.6. The number of carbonyl (C=O) groups excluding carboxylic acids is 2. The molecule has 1 atom stereocenters. The van der Waals surface area contributed by atoms with Gasteiger partial charge in [0, 0.05) is 42.5 Å². The number of H-pyrrole nitrogens is 1. The van der Waals surface area contributed by atoms with Gasteiger partial charge in [-0.25, -0.2) is 9.67 Å². The molecule has 194 valence electrons. The molecule has 0 bridgehead atoms. The molecule has 2 aliphatic rings. The minimum absolute atomic E-state index is 0.0989. The van der Waals surface area contributed by atoms with E-state index in [9.17, 15) is 9.59 Å². The Morgan fingerprint density at radius 1 is 1.13 bits per heavy atom. The van der Waals surface area contributed by atoms with E-state index in [0.29, 0.717) is 49.5 Å². The number of benzene rings is 2. The summed E-state index contributed by atoms with van der Waals surface area (Å²) >= 11 is 3.54. The van der Waals surface area contributed by atoms with Crippen molar-refractivity contribution in [3.8, 4) is 5.69 Å². The third kappa shape index (κ3) is 3.96. The maximum Gasteiger partial charge on any atom is 0.256 e. The number of amides is 2. The largest absolute Gasteiger partial charge is 0.344 e. The lowest BCUT2D eigenvalue weighted by Gasteiger charge is -2.38. The maximum absolute atomic E-state index is 14.1. The van der Waals surface area contributed by atoms with Gasteiger partial charge in [0.2, 0.25) is 5.91 Å². The molecule has 6 rings (SSSR count). The van der Waals surface area contributed by atoms with Crippen LogP contribution in [-0.4, -0.2) is 61.0 Å². The van der Waals surface area contributed by atoms with Crippen molar-refractivity contribution in [3.63, 3.8) is 0 Å². The van der Waals surface area contributed by atoms with Crippen molar-refractivity contribution >= 4 is 38.8 Å². The normalized spacial score (nSPS) is 17.0. The lowest BCUT2D eigenvalue weighted by molar-refractivity contribution is -0.126. The van der Waals surface area contributed by atoms with Gasteiger partial charge in [0.1, 0.15) is 5.52 Å². The summed E-state index contributed by atoms with van der Waals surface area (Å²) in [4.78, 5) is 38.0. The number of hydrogen-bond acceptors (Lipinski definition) is 4. The van der Waals surface area contributed by atoms with Crippen molar-refractivity contribution in [3.05, 3.63) is 87.9 Å². The lowest BCUT2D eigenvalue weighted by Crippen LogP contribution is -2.45. The predicted octanol–water partition coefficient (Wildman–Crippen LogP) is 4.94. The SMILES string of the molecule is C=CC(=O)N1CCc2nn(-c3ccc(C(C)C)cc3)c3c2[C@H](C1)N(C(=O)c1ccc(Br)c2[nH]cnc12)CC3. The summed E-state index contributed by atoms with van der Waals surface area (Å²) in [5.74, 6) is 0.219. The molecule has 0 fully saturated rings. The van der Waals surface area contributed by atoms with Gasteiger partial charge in [-0.05, 0) is 57.8 Å². The van der Waals surface area contributed by atoms with Gasteiger partial charge >= 0.3 is 0 Å². The van der Waals surface area contributed by atoms with Gasteiger partial charge in [0.25, 0.3) is 5.91 Å². The number of fused-ring (bicyclic) bond motifs is 1. The van der Waals surface area contributed by atoms with Crippen molar-refractivity contribution in [2.24, 2.45) is 0 Å². The van der Waals surface area contributed by atoms with E-state index in [1.165, 1.54) is 11.6 Å². The van der Waals surface area contributed by atoms with E-state index >= 15 is 0 Å².